The summed E-state index contributed by atoms with van der Waals surface area (Å²) in [5.74, 6) is 0.628. The second-order valence-corrected chi connectivity index (χ2v) is 6.24. The van der Waals surface area contributed by atoms with Gasteiger partial charge in [0.1, 0.15) is 0 Å². The van der Waals surface area contributed by atoms with Crippen molar-refractivity contribution in [1.29, 1.82) is 0 Å². The van der Waals surface area contributed by atoms with Gasteiger partial charge >= 0.3 is 0 Å². The van der Waals surface area contributed by atoms with Crippen LogP contribution in [0.25, 0.3) is 0 Å². The summed E-state index contributed by atoms with van der Waals surface area (Å²) >= 11 is 0. The van der Waals surface area contributed by atoms with E-state index in [0.717, 1.165) is 58.8 Å². The molecule has 0 unspecified atom stereocenters. The molecule has 1 aromatic rings. The number of aryl methyl sites for hydroxylation is 1. The highest BCUT2D eigenvalue weighted by atomic mass is 16.5. The zero-order valence-corrected chi connectivity index (χ0v) is 13.0. The maximum absolute atomic E-state index is 6.06. The van der Waals surface area contributed by atoms with Crippen molar-refractivity contribution in [3.8, 4) is 0 Å². The molecule has 1 atom stereocenters. The van der Waals surface area contributed by atoms with E-state index in [9.17, 15) is 0 Å². The standard InChI is InChI=1S/C16H27N3O2/c1-2-19-11-15(9-17-19)10-18-6-3-16(4-7-18)21-13-14-5-8-20-12-14/h9,11,14,16H,2-8,10,12-13H2,1H3/t14-/m0/s1. The Morgan fingerprint density at radius 3 is 2.86 bits per heavy atom. The fraction of sp³-hybridized carbons (Fsp3) is 0.812. The number of ether oxygens (including phenoxy) is 2. The van der Waals surface area contributed by atoms with Crippen LogP contribution in [0.4, 0.5) is 0 Å². The summed E-state index contributed by atoms with van der Waals surface area (Å²) in [5, 5.41) is 4.34. The maximum atomic E-state index is 6.06. The third kappa shape index (κ3) is 4.28. The van der Waals surface area contributed by atoms with Gasteiger partial charge in [0.15, 0.2) is 0 Å². The lowest BCUT2D eigenvalue weighted by Crippen LogP contribution is -2.37. The van der Waals surface area contributed by atoms with Gasteiger partial charge in [0, 0.05) is 50.5 Å². The summed E-state index contributed by atoms with van der Waals surface area (Å²) in [6.45, 7) is 9.03. The molecule has 0 saturated carbocycles. The Hall–Kier alpha value is -0.910. The molecule has 0 spiro atoms. The molecule has 0 aromatic carbocycles. The van der Waals surface area contributed by atoms with Crippen LogP contribution >= 0.6 is 0 Å². The number of rotatable bonds is 6. The quantitative estimate of drug-likeness (QED) is 0.803. The Bertz CT molecular complexity index is 421. The molecule has 3 rings (SSSR count). The Labute approximate surface area is 127 Å². The fourth-order valence-electron chi connectivity index (χ4n) is 3.14. The molecular weight excluding hydrogens is 266 g/mol. The fourth-order valence-corrected chi connectivity index (χ4v) is 3.14. The first-order chi connectivity index (χ1) is 10.3. The molecule has 2 fully saturated rings. The molecule has 21 heavy (non-hydrogen) atoms. The van der Waals surface area contributed by atoms with Crippen molar-refractivity contribution in [1.82, 2.24) is 14.7 Å². The average molecular weight is 293 g/mol. The topological polar surface area (TPSA) is 39.5 Å². The summed E-state index contributed by atoms with van der Waals surface area (Å²) in [6, 6.07) is 0. The number of aromatic nitrogens is 2. The molecule has 0 aliphatic carbocycles. The van der Waals surface area contributed by atoms with E-state index in [2.05, 4.69) is 23.1 Å². The van der Waals surface area contributed by atoms with Gasteiger partial charge in [-0.15, -0.1) is 0 Å². The molecule has 0 N–H and O–H groups in total. The average Bonchev–Trinajstić information content (AvgIpc) is 3.18. The smallest absolute Gasteiger partial charge is 0.0599 e. The van der Waals surface area contributed by atoms with Crippen LogP contribution < -0.4 is 0 Å². The third-order valence-corrected chi connectivity index (χ3v) is 4.54. The van der Waals surface area contributed by atoms with Crippen LogP contribution in [0.15, 0.2) is 12.4 Å². The predicted octanol–water partition coefficient (Wildman–Crippen LogP) is 1.92. The first kappa shape index (κ1) is 15.0. The second kappa shape index (κ2) is 7.38. The minimum atomic E-state index is 0.445. The minimum absolute atomic E-state index is 0.445. The van der Waals surface area contributed by atoms with Crippen molar-refractivity contribution >= 4 is 0 Å². The van der Waals surface area contributed by atoms with Crippen LogP contribution in [0, 0.1) is 5.92 Å². The third-order valence-electron chi connectivity index (χ3n) is 4.54. The van der Waals surface area contributed by atoms with Crippen molar-refractivity contribution < 1.29 is 9.47 Å². The van der Waals surface area contributed by atoms with Gasteiger partial charge in [-0.05, 0) is 26.2 Å². The van der Waals surface area contributed by atoms with E-state index in [1.54, 1.807) is 0 Å². The molecule has 2 aliphatic rings. The lowest BCUT2D eigenvalue weighted by molar-refractivity contribution is -0.0116. The lowest BCUT2D eigenvalue weighted by atomic mass is 10.1. The number of hydrogen-bond donors (Lipinski definition) is 0. The van der Waals surface area contributed by atoms with E-state index in [-0.39, 0.29) is 0 Å². The molecule has 2 aliphatic heterocycles. The number of nitrogens with zero attached hydrogens (tertiary/aromatic N) is 3. The van der Waals surface area contributed by atoms with Crippen molar-refractivity contribution in [2.45, 2.75) is 45.4 Å². The van der Waals surface area contributed by atoms with Crippen LogP contribution in [0.1, 0.15) is 31.7 Å². The Balaban J connectivity index is 1.36. The highest BCUT2D eigenvalue weighted by molar-refractivity contribution is 5.03. The van der Waals surface area contributed by atoms with E-state index >= 15 is 0 Å². The van der Waals surface area contributed by atoms with Crippen LogP contribution in [0.5, 0.6) is 0 Å². The van der Waals surface area contributed by atoms with Gasteiger partial charge < -0.3 is 9.47 Å². The van der Waals surface area contributed by atoms with Crippen LogP contribution in [0.3, 0.4) is 0 Å². The van der Waals surface area contributed by atoms with Crippen LogP contribution in [-0.4, -0.2) is 53.7 Å². The van der Waals surface area contributed by atoms with E-state index in [4.69, 9.17) is 9.47 Å². The molecule has 0 bridgehead atoms. The highest BCUT2D eigenvalue weighted by Crippen LogP contribution is 2.19. The van der Waals surface area contributed by atoms with E-state index in [0.29, 0.717) is 12.0 Å². The predicted molar refractivity (Wildman–Crippen MR) is 81.1 cm³/mol. The van der Waals surface area contributed by atoms with Gasteiger partial charge in [0.2, 0.25) is 0 Å². The van der Waals surface area contributed by atoms with E-state index in [1.807, 2.05) is 10.9 Å². The largest absolute Gasteiger partial charge is 0.381 e. The lowest BCUT2D eigenvalue weighted by Gasteiger charge is -2.32. The van der Waals surface area contributed by atoms with Crippen LogP contribution in [0.2, 0.25) is 0 Å². The second-order valence-electron chi connectivity index (χ2n) is 6.24. The van der Waals surface area contributed by atoms with E-state index in [1.165, 1.54) is 12.0 Å². The highest BCUT2D eigenvalue weighted by Gasteiger charge is 2.22. The van der Waals surface area contributed by atoms with Gasteiger partial charge in [0.05, 0.1) is 25.5 Å². The maximum Gasteiger partial charge on any atom is 0.0599 e. The molecule has 5 heteroatoms. The molecular formula is C16H27N3O2. The summed E-state index contributed by atoms with van der Waals surface area (Å²) in [6.07, 6.45) is 8.06. The summed E-state index contributed by atoms with van der Waals surface area (Å²) in [7, 11) is 0. The van der Waals surface area contributed by atoms with E-state index < -0.39 is 0 Å². The SMILES string of the molecule is CCn1cc(CN2CCC(OC[C@H]3CCOC3)CC2)cn1. The molecule has 2 saturated heterocycles. The number of piperidine rings is 1. The summed E-state index contributed by atoms with van der Waals surface area (Å²) in [4.78, 5) is 2.51. The number of hydrogen-bond acceptors (Lipinski definition) is 4. The number of likely N-dealkylation sites (tertiary alicyclic amines) is 1. The molecule has 0 amide bonds. The van der Waals surface area contributed by atoms with Crippen molar-refractivity contribution in [2.75, 3.05) is 32.9 Å². The molecule has 0 radical (unpaired) electrons. The molecule has 1 aromatic heterocycles. The van der Waals surface area contributed by atoms with Gasteiger partial charge in [-0.2, -0.15) is 5.10 Å². The normalized spacial score (nSPS) is 24.7. The van der Waals surface area contributed by atoms with Crippen molar-refractivity contribution in [3.05, 3.63) is 18.0 Å². The molecule has 3 heterocycles. The van der Waals surface area contributed by atoms with Gasteiger partial charge in [0.25, 0.3) is 0 Å². The first-order valence-electron chi connectivity index (χ1n) is 8.26. The zero-order chi connectivity index (χ0) is 14.5. The minimum Gasteiger partial charge on any atom is -0.381 e. The van der Waals surface area contributed by atoms with Crippen molar-refractivity contribution in [3.63, 3.8) is 0 Å². The molecule has 5 nitrogen and oxygen atoms in total. The zero-order valence-electron chi connectivity index (χ0n) is 13.0. The van der Waals surface area contributed by atoms with Crippen LogP contribution in [-0.2, 0) is 22.6 Å². The Morgan fingerprint density at radius 2 is 2.19 bits per heavy atom. The molecule has 118 valence electrons. The first-order valence-corrected chi connectivity index (χ1v) is 8.26. The van der Waals surface area contributed by atoms with Gasteiger partial charge in [-0.3, -0.25) is 9.58 Å². The van der Waals surface area contributed by atoms with Gasteiger partial charge in [-0.1, -0.05) is 0 Å². The Kier molecular flexibility index (Phi) is 5.27. The summed E-state index contributed by atoms with van der Waals surface area (Å²) < 4.78 is 13.5. The monoisotopic (exact) mass is 293 g/mol. The summed E-state index contributed by atoms with van der Waals surface area (Å²) in [5.41, 5.74) is 1.32. The Morgan fingerprint density at radius 1 is 1.33 bits per heavy atom. The van der Waals surface area contributed by atoms with Gasteiger partial charge in [-0.25, -0.2) is 0 Å². The van der Waals surface area contributed by atoms with Crippen molar-refractivity contribution in [2.24, 2.45) is 5.92 Å².